The van der Waals surface area contributed by atoms with Gasteiger partial charge >= 0.3 is 0 Å². The zero-order valence-corrected chi connectivity index (χ0v) is 14.2. The number of hydrogen-bond acceptors (Lipinski definition) is 2. The van der Waals surface area contributed by atoms with Gasteiger partial charge in [0.15, 0.2) is 5.11 Å². The molecule has 23 heavy (non-hydrogen) atoms. The first-order chi connectivity index (χ1) is 11.1. The summed E-state index contributed by atoms with van der Waals surface area (Å²) in [5.74, 6) is -0.111. The zero-order chi connectivity index (χ0) is 16.2. The van der Waals surface area contributed by atoms with Gasteiger partial charge in [-0.1, -0.05) is 41.9 Å². The number of para-hydroxylation sites is 1. The predicted molar refractivity (Wildman–Crippen MR) is 98.0 cm³/mol. The molecule has 1 heterocycles. The van der Waals surface area contributed by atoms with E-state index in [1.54, 1.807) is 12.1 Å². The van der Waals surface area contributed by atoms with Crippen LogP contribution in [0.25, 0.3) is 0 Å². The van der Waals surface area contributed by atoms with Crippen molar-refractivity contribution in [2.45, 2.75) is 19.3 Å². The number of benzene rings is 2. The van der Waals surface area contributed by atoms with Gasteiger partial charge in [0.2, 0.25) is 5.91 Å². The van der Waals surface area contributed by atoms with Crippen LogP contribution in [0.2, 0.25) is 5.02 Å². The maximum Gasteiger partial charge on any atom is 0.230 e. The van der Waals surface area contributed by atoms with E-state index >= 15 is 0 Å². The van der Waals surface area contributed by atoms with Crippen LogP contribution in [0.3, 0.4) is 0 Å². The number of hydrogen-bond donors (Lipinski definition) is 1. The molecule has 2 aromatic carbocycles. The highest BCUT2D eigenvalue weighted by molar-refractivity contribution is 7.80. The van der Waals surface area contributed by atoms with Crippen LogP contribution in [0, 0.1) is 0 Å². The Morgan fingerprint density at radius 3 is 2.70 bits per heavy atom. The van der Waals surface area contributed by atoms with Crippen molar-refractivity contribution in [2.24, 2.45) is 0 Å². The summed E-state index contributed by atoms with van der Waals surface area (Å²) in [6.07, 6.45) is 2.37. The van der Waals surface area contributed by atoms with Crippen molar-refractivity contribution in [3.8, 4) is 0 Å². The van der Waals surface area contributed by atoms with Crippen LogP contribution in [0.4, 0.5) is 5.69 Å². The second-order valence-corrected chi connectivity index (χ2v) is 6.36. The topological polar surface area (TPSA) is 32.3 Å². The van der Waals surface area contributed by atoms with Crippen LogP contribution in [0.15, 0.2) is 48.5 Å². The molecule has 1 N–H and O–H groups in total. The van der Waals surface area contributed by atoms with E-state index in [1.807, 2.05) is 35.2 Å². The van der Waals surface area contributed by atoms with Gasteiger partial charge in [-0.15, -0.1) is 0 Å². The minimum Gasteiger partial charge on any atom is -0.318 e. The lowest BCUT2D eigenvalue weighted by atomic mass is 10.0. The molecule has 2 aromatic rings. The molecule has 1 aliphatic rings. The van der Waals surface area contributed by atoms with Gasteiger partial charge in [-0.25, -0.2) is 0 Å². The third kappa shape index (κ3) is 3.89. The number of amides is 1. The molecule has 1 amide bonds. The van der Waals surface area contributed by atoms with Gasteiger partial charge in [0, 0.05) is 17.3 Å². The number of aryl methyl sites for hydroxylation is 1. The Morgan fingerprint density at radius 1 is 1.17 bits per heavy atom. The minimum atomic E-state index is -0.111. The summed E-state index contributed by atoms with van der Waals surface area (Å²) in [7, 11) is 0. The molecule has 0 radical (unpaired) electrons. The fourth-order valence-electron chi connectivity index (χ4n) is 2.76. The molecule has 5 heteroatoms. The summed E-state index contributed by atoms with van der Waals surface area (Å²) < 4.78 is 0. The van der Waals surface area contributed by atoms with Crippen LogP contribution < -0.4 is 10.2 Å². The van der Waals surface area contributed by atoms with Gasteiger partial charge in [0.25, 0.3) is 0 Å². The number of carbonyl (C=O) groups excluding carboxylic acids is 1. The Bertz CT molecular complexity index is 730. The molecule has 1 aliphatic heterocycles. The number of halogens is 1. The van der Waals surface area contributed by atoms with Crippen molar-refractivity contribution >= 4 is 40.5 Å². The number of carbonyl (C=O) groups is 1. The van der Waals surface area contributed by atoms with Crippen molar-refractivity contribution < 1.29 is 4.79 Å². The Balaban J connectivity index is 1.65. The van der Waals surface area contributed by atoms with Gasteiger partial charge in [0.1, 0.15) is 0 Å². The Hall–Kier alpha value is -1.91. The second kappa shape index (κ2) is 7.11. The molecule has 0 aromatic heterocycles. The van der Waals surface area contributed by atoms with Crippen LogP contribution >= 0.6 is 23.8 Å². The number of nitrogens with zero attached hydrogens (tertiary/aromatic N) is 1. The van der Waals surface area contributed by atoms with Crippen molar-refractivity contribution in [1.29, 1.82) is 0 Å². The molecule has 3 nitrogen and oxygen atoms in total. The van der Waals surface area contributed by atoms with Crippen molar-refractivity contribution in [2.75, 3.05) is 11.4 Å². The third-order valence-corrected chi connectivity index (χ3v) is 4.45. The number of fused-ring (bicyclic) bond motifs is 1. The van der Waals surface area contributed by atoms with Gasteiger partial charge in [-0.3, -0.25) is 4.79 Å². The number of rotatable bonds is 2. The molecule has 118 valence electrons. The molecule has 0 saturated heterocycles. The van der Waals surface area contributed by atoms with Gasteiger partial charge in [-0.2, -0.15) is 0 Å². The molecular formula is C18H17ClN2OS. The number of anilines is 1. The summed E-state index contributed by atoms with van der Waals surface area (Å²) in [4.78, 5) is 14.2. The molecular weight excluding hydrogens is 328 g/mol. The standard InChI is InChI=1S/C18H17ClN2OS/c19-15-9-7-13(8-10-15)12-17(22)20-18(23)21-11-3-5-14-4-1-2-6-16(14)21/h1-2,4,6-10H,3,5,11-12H2,(H,20,22,23). The average molecular weight is 345 g/mol. The first kappa shape index (κ1) is 16.0. The normalized spacial score (nSPS) is 13.3. The van der Waals surface area contributed by atoms with Crippen LogP contribution in [0.5, 0.6) is 0 Å². The lowest BCUT2D eigenvalue weighted by Crippen LogP contribution is -2.45. The maximum absolute atomic E-state index is 12.2. The number of thiocarbonyl (C=S) groups is 1. The smallest absolute Gasteiger partial charge is 0.230 e. The number of nitrogens with one attached hydrogen (secondary N) is 1. The van der Waals surface area contributed by atoms with Crippen molar-refractivity contribution in [3.63, 3.8) is 0 Å². The fraction of sp³-hybridized carbons (Fsp3) is 0.222. The van der Waals surface area contributed by atoms with Gasteiger partial charge in [-0.05, 0) is 54.4 Å². The summed E-state index contributed by atoms with van der Waals surface area (Å²) in [5.41, 5.74) is 3.28. The molecule has 0 atom stereocenters. The Morgan fingerprint density at radius 2 is 1.91 bits per heavy atom. The second-order valence-electron chi connectivity index (χ2n) is 5.54. The average Bonchev–Trinajstić information content (AvgIpc) is 2.56. The van der Waals surface area contributed by atoms with Crippen LogP contribution in [-0.4, -0.2) is 17.6 Å². The minimum absolute atomic E-state index is 0.111. The largest absolute Gasteiger partial charge is 0.318 e. The summed E-state index contributed by atoms with van der Waals surface area (Å²) >= 11 is 11.3. The van der Waals surface area contributed by atoms with Crippen molar-refractivity contribution in [1.82, 2.24) is 5.32 Å². The SMILES string of the molecule is O=C(Cc1ccc(Cl)cc1)NC(=S)N1CCCc2ccccc21. The highest BCUT2D eigenvalue weighted by Gasteiger charge is 2.20. The molecule has 3 rings (SSSR count). The molecule has 0 saturated carbocycles. The molecule has 0 aliphatic carbocycles. The fourth-order valence-corrected chi connectivity index (χ4v) is 3.19. The molecule has 0 spiro atoms. The summed E-state index contributed by atoms with van der Waals surface area (Å²) in [6, 6.07) is 15.4. The third-order valence-electron chi connectivity index (χ3n) is 3.88. The van der Waals surface area contributed by atoms with Crippen LogP contribution in [0.1, 0.15) is 17.5 Å². The van der Waals surface area contributed by atoms with E-state index in [0.29, 0.717) is 10.1 Å². The predicted octanol–water partition coefficient (Wildman–Crippen LogP) is 3.74. The summed E-state index contributed by atoms with van der Waals surface area (Å²) in [6.45, 7) is 0.830. The highest BCUT2D eigenvalue weighted by atomic mass is 35.5. The Labute approximate surface area is 146 Å². The lowest BCUT2D eigenvalue weighted by molar-refractivity contribution is -0.119. The lowest BCUT2D eigenvalue weighted by Gasteiger charge is -2.31. The first-order valence-corrected chi connectivity index (χ1v) is 8.36. The van der Waals surface area contributed by atoms with E-state index < -0.39 is 0 Å². The van der Waals surface area contributed by atoms with E-state index in [4.69, 9.17) is 23.8 Å². The van der Waals surface area contributed by atoms with Crippen molar-refractivity contribution in [3.05, 3.63) is 64.7 Å². The first-order valence-electron chi connectivity index (χ1n) is 7.57. The van der Waals surface area contributed by atoms with E-state index in [-0.39, 0.29) is 12.3 Å². The summed E-state index contributed by atoms with van der Waals surface area (Å²) in [5, 5.41) is 3.97. The van der Waals surface area contributed by atoms with E-state index in [0.717, 1.165) is 30.6 Å². The monoisotopic (exact) mass is 344 g/mol. The Kier molecular flexibility index (Phi) is 4.94. The van der Waals surface area contributed by atoms with Crippen LogP contribution in [-0.2, 0) is 17.6 Å². The molecule has 0 fully saturated rings. The van der Waals surface area contributed by atoms with E-state index in [2.05, 4.69) is 11.4 Å². The van der Waals surface area contributed by atoms with E-state index in [9.17, 15) is 4.79 Å². The highest BCUT2D eigenvalue weighted by Crippen LogP contribution is 2.26. The van der Waals surface area contributed by atoms with E-state index in [1.165, 1.54) is 5.56 Å². The van der Waals surface area contributed by atoms with Gasteiger partial charge < -0.3 is 10.2 Å². The quantitative estimate of drug-likeness (QED) is 0.842. The maximum atomic E-state index is 12.2. The zero-order valence-electron chi connectivity index (χ0n) is 12.6. The molecule has 0 unspecified atom stereocenters. The molecule has 0 bridgehead atoms. The van der Waals surface area contributed by atoms with Gasteiger partial charge in [0.05, 0.1) is 6.42 Å².